The van der Waals surface area contributed by atoms with Gasteiger partial charge in [-0.15, -0.1) is 0 Å². The van der Waals surface area contributed by atoms with Crippen molar-refractivity contribution in [2.45, 2.75) is 19.5 Å². The fourth-order valence-electron chi connectivity index (χ4n) is 3.91. The van der Waals surface area contributed by atoms with E-state index < -0.39 is 6.29 Å². The molecule has 0 N–H and O–H groups in total. The zero-order chi connectivity index (χ0) is 22.1. The maximum Gasteiger partial charge on any atom is 0.338 e. The lowest BCUT2D eigenvalue weighted by Crippen LogP contribution is -2.06. The van der Waals surface area contributed by atoms with Crippen LogP contribution in [0.15, 0.2) is 72.8 Å². The van der Waals surface area contributed by atoms with Gasteiger partial charge in [0.25, 0.3) is 0 Å². The van der Waals surface area contributed by atoms with E-state index in [0.717, 1.165) is 38.9 Å². The fraction of sp³-hybridized carbons (Fsp3) is 0.154. The number of fused-ring (bicyclic) bond motifs is 2. The van der Waals surface area contributed by atoms with Crippen LogP contribution in [0.4, 0.5) is 0 Å². The quantitative estimate of drug-likeness (QED) is 0.348. The molecule has 32 heavy (non-hydrogen) atoms. The second-order valence-corrected chi connectivity index (χ2v) is 7.93. The molecule has 0 saturated heterocycles. The van der Waals surface area contributed by atoms with Crippen molar-refractivity contribution in [3.63, 3.8) is 0 Å². The molecule has 0 saturated carbocycles. The van der Waals surface area contributed by atoms with Gasteiger partial charge < -0.3 is 14.2 Å². The van der Waals surface area contributed by atoms with E-state index in [1.165, 1.54) is 7.11 Å². The first-order valence-electron chi connectivity index (χ1n) is 10.2. The van der Waals surface area contributed by atoms with Gasteiger partial charge in [0, 0.05) is 16.0 Å². The van der Waals surface area contributed by atoms with Gasteiger partial charge in [-0.1, -0.05) is 54.1 Å². The van der Waals surface area contributed by atoms with Gasteiger partial charge in [-0.3, -0.25) is 0 Å². The number of carbonyl (C=O) groups excluding carboxylic acids is 1. The number of carbonyl (C=O) groups is 1. The molecule has 0 amide bonds. The number of methoxy groups -OCH3 is 1. The van der Waals surface area contributed by atoms with Crippen LogP contribution in [0.2, 0.25) is 5.02 Å². The summed E-state index contributed by atoms with van der Waals surface area (Å²) in [5, 5.41) is 1.66. The first-order valence-corrected chi connectivity index (χ1v) is 10.6. The summed E-state index contributed by atoms with van der Waals surface area (Å²) < 4.78 is 16.8. The van der Waals surface area contributed by atoms with E-state index >= 15 is 0 Å². The van der Waals surface area contributed by atoms with Crippen molar-refractivity contribution >= 4 is 28.5 Å². The van der Waals surface area contributed by atoms with Crippen molar-refractivity contribution in [3.05, 3.63) is 100 Å². The molecule has 2 heterocycles. The predicted molar refractivity (Wildman–Crippen MR) is 122 cm³/mol. The van der Waals surface area contributed by atoms with Gasteiger partial charge in [0.05, 0.1) is 31.4 Å². The van der Waals surface area contributed by atoms with Gasteiger partial charge in [-0.25, -0.2) is 9.78 Å². The number of aromatic nitrogens is 1. The van der Waals surface area contributed by atoms with Crippen LogP contribution in [0, 0.1) is 0 Å². The Kier molecular flexibility index (Phi) is 5.62. The van der Waals surface area contributed by atoms with Gasteiger partial charge in [-0.2, -0.15) is 0 Å². The van der Waals surface area contributed by atoms with Crippen molar-refractivity contribution in [3.8, 4) is 11.1 Å². The Hall–Kier alpha value is -3.25. The van der Waals surface area contributed by atoms with E-state index in [-0.39, 0.29) is 12.6 Å². The summed E-state index contributed by atoms with van der Waals surface area (Å²) in [5.41, 5.74) is 5.64. The highest BCUT2D eigenvalue weighted by Gasteiger charge is 2.26. The van der Waals surface area contributed by atoms with Crippen molar-refractivity contribution in [1.29, 1.82) is 0 Å². The first-order chi connectivity index (χ1) is 15.6. The Balaban J connectivity index is 1.40. The van der Waals surface area contributed by atoms with Crippen molar-refractivity contribution < 1.29 is 19.0 Å². The molecule has 1 atom stereocenters. The third kappa shape index (κ3) is 3.86. The minimum Gasteiger partial charge on any atom is -0.465 e. The third-order valence-electron chi connectivity index (χ3n) is 5.53. The zero-order valence-corrected chi connectivity index (χ0v) is 18.1. The normalized spacial score (nSPS) is 15.0. The number of pyridine rings is 1. The van der Waals surface area contributed by atoms with Gasteiger partial charge in [0.2, 0.25) is 6.29 Å². The predicted octanol–water partition coefficient (Wildman–Crippen LogP) is 6.09. The van der Waals surface area contributed by atoms with Crippen LogP contribution in [0.25, 0.3) is 22.0 Å². The average Bonchev–Trinajstić information content (AvgIpc) is 3.23. The number of hydrogen-bond donors (Lipinski definition) is 0. The van der Waals surface area contributed by atoms with Crippen LogP contribution in [0.1, 0.15) is 33.5 Å². The van der Waals surface area contributed by atoms with Crippen LogP contribution in [-0.2, 0) is 27.4 Å². The topological polar surface area (TPSA) is 57.7 Å². The van der Waals surface area contributed by atoms with Crippen molar-refractivity contribution in [1.82, 2.24) is 4.98 Å². The monoisotopic (exact) mass is 445 g/mol. The number of nitrogens with zero attached hydrogens (tertiary/aromatic N) is 1. The minimum absolute atomic E-state index is 0.242. The molecule has 1 aliphatic rings. The number of rotatable bonds is 5. The molecule has 3 aromatic carbocycles. The summed E-state index contributed by atoms with van der Waals surface area (Å²) >= 11 is 6.45. The van der Waals surface area contributed by atoms with Crippen LogP contribution in [0.3, 0.4) is 0 Å². The maximum absolute atomic E-state index is 12.2. The number of esters is 1. The Morgan fingerprint density at radius 3 is 2.78 bits per heavy atom. The summed E-state index contributed by atoms with van der Waals surface area (Å²) in [4.78, 5) is 16.9. The highest BCUT2D eigenvalue weighted by atomic mass is 35.5. The number of para-hydroxylation sites is 1. The average molecular weight is 446 g/mol. The molecule has 1 aliphatic heterocycles. The Morgan fingerprint density at radius 2 is 1.91 bits per heavy atom. The molecular formula is C26H20ClNO4. The SMILES string of the molecule is COC(=O)c1ccccc1-c1ccc(Cl)c(COC2OCc3cc4ccccc4nc32)c1. The third-order valence-corrected chi connectivity index (χ3v) is 5.90. The molecule has 1 unspecified atom stereocenters. The number of halogens is 1. The van der Waals surface area contributed by atoms with E-state index in [0.29, 0.717) is 17.2 Å². The fourth-order valence-corrected chi connectivity index (χ4v) is 4.08. The lowest BCUT2D eigenvalue weighted by Gasteiger charge is -2.15. The van der Waals surface area contributed by atoms with E-state index in [1.807, 2.05) is 48.5 Å². The largest absolute Gasteiger partial charge is 0.465 e. The lowest BCUT2D eigenvalue weighted by atomic mass is 9.98. The highest BCUT2D eigenvalue weighted by molar-refractivity contribution is 6.31. The molecule has 0 spiro atoms. The highest BCUT2D eigenvalue weighted by Crippen LogP contribution is 2.34. The number of ether oxygens (including phenoxy) is 3. The van der Waals surface area contributed by atoms with Crippen molar-refractivity contribution in [2.75, 3.05) is 7.11 Å². The lowest BCUT2D eigenvalue weighted by molar-refractivity contribution is -0.147. The van der Waals surface area contributed by atoms with E-state index in [4.69, 9.17) is 30.8 Å². The molecule has 6 heteroatoms. The zero-order valence-electron chi connectivity index (χ0n) is 17.4. The van der Waals surface area contributed by atoms with Gasteiger partial charge >= 0.3 is 5.97 Å². The molecule has 0 aliphatic carbocycles. The summed E-state index contributed by atoms with van der Waals surface area (Å²) in [7, 11) is 1.37. The molecule has 1 aromatic heterocycles. The van der Waals surface area contributed by atoms with Crippen molar-refractivity contribution in [2.24, 2.45) is 0 Å². The Labute approximate surface area is 190 Å². The first kappa shape index (κ1) is 20.6. The van der Waals surface area contributed by atoms with E-state index in [9.17, 15) is 4.79 Å². The standard InChI is InChI=1S/C26H20ClNO4/c1-30-25(29)21-8-4-3-7-20(21)16-10-11-22(27)18(12-16)14-31-26-24-19(15-32-26)13-17-6-2-5-9-23(17)28-24/h2-13,26H,14-15H2,1H3. The Morgan fingerprint density at radius 1 is 1.09 bits per heavy atom. The molecule has 0 radical (unpaired) electrons. The summed E-state index contributed by atoms with van der Waals surface area (Å²) in [5.74, 6) is -0.386. The van der Waals surface area contributed by atoms with Gasteiger partial charge in [0.1, 0.15) is 5.69 Å². The molecule has 160 valence electrons. The molecule has 5 nitrogen and oxygen atoms in total. The number of hydrogen-bond acceptors (Lipinski definition) is 5. The second-order valence-electron chi connectivity index (χ2n) is 7.52. The van der Waals surface area contributed by atoms with Crippen LogP contribution < -0.4 is 0 Å². The molecule has 0 bridgehead atoms. The Bertz CT molecular complexity index is 1320. The van der Waals surface area contributed by atoms with Gasteiger partial charge in [0.15, 0.2) is 0 Å². The van der Waals surface area contributed by atoms with E-state index in [2.05, 4.69) is 6.07 Å². The van der Waals surface area contributed by atoms with Crippen LogP contribution >= 0.6 is 11.6 Å². The smallest absolute Gasteiger partial charge is 0.338 e. The van der Waals surface area contributed by atoms with E-state index in [1.54, 1.807) is 18.2 Å². The van der Waals surface area contributed by atoms with Gasteiger partial charge in [-0.05, 0) is 47.0 Å². The molecule has 0 fully saturated rings. The number of benzene rings is 3. The molecule has 5 rings (SSSR count). The molecule has 4 aromatic rings. The molecular weight excluding hydrogens is 426 g/mol. The van der Waals surface area contributed by atoms with Crippen LogP contribution in [-0.4, -0.2) is 18.1 Å². The second kappa shape index (κ2) is 8.71. The maximum atomic E-state index is 12.2. The minimum atomic E-state index is -0.559. The summed E-state index contributed by atoms with van der Waals surface area (Å²) in [6.07, 6.45) is -0.559. The summed E-state index contributed by atoms with van der Waals surface area (Å²) in [6.45, 7) is 0.698. The summed E-state index contributed by atoms with van der Waals surface area (Å²) in [6, 6.07) is 23.0. The van der Waals surface area contributed by atoms with Crippen LogP contribution in [0.5, 0.6) is 0 Å².